The highest BCUT2D eigenvalue weighted by molar-refractivity contribution is 5.75. The quantitative estimate of drug-likeness (QED) is 0.514. The van der Waals surface area contributed by atoms with Crippen LogP contribution >= 0.6 is 0 Å². The summed E-state index contributed by atoms with van der Waals surface area (Å²) < 4.78 is 9.88. The Hall–Kier alpha value is -1.10. The molecule has 17 heavy (non-hydrogen) atoms. The van der Waals surface area contributed by atoms with Gasteiger partial charge in [0.05, 0.1) is 5.41 Å². The van der Waals surface area contributed by atoms with Crippen molar-refractivity contribution in [3.05, 3.63) is 0 Å². The lowest BCUT2D eigenvalue weighted by Gasteiger charge is -2.20. The highest BCUT2D eigenvalue weighted by Gasteiger charge is 2.26. The van der Waals surface area contributed by atoms with E-state index in [2.05, 4.69) is 0 Å². The fourth-order valence-corrected chi connectivity index (χ4v) is 0.948. The van der Waals surface area contributed by atoms with Crippen molar-refractivity contribution in [3.8, 4) is 0 Å². The molecule has 5 heteroatoms. The van der Waals surface area contributed by atoms with Crippen LogP contribution in [0, 0.1) is 5.41 Å². The third kappa shape index (κ3) is 6.94. The van der Waals surface area contributed by atoms with Gasteiger partial charge in [0, 0.05) is 6.42 Å². The minimum Gasteiger partial charge on any atom is -0.462 e. The van der Waals surface area contributed by atoms with Crippen LogP contribution in [0.15, 0.2) is 0 Å². The molecular formula is C12H23NO4. The number of carbonyl (C=O) groups is 2. The number of hydrogen-bond acceptors (Lipinski definition) is 5. The summed E-state index contributed by atoms with van der Waals surface area (Å²) in [7, 11) is 0. The van der Waals surface area contributed by atoms with E-state index >= 15 is 0 Å². The normalized spacial score (nSPS) is 11.1. The van der Waals surface area contributed by atoms with Gasteiger partial charge in [0.1, 0.15) is 13.2 Å². The van der Waals surface area contributed by atoms with Gasteiger partial charge in [-0.05, 0) is 33.2 Å². The molecule has 0 bridgehead atoms. The maximum atomic E-state index is 11.5. The first kappa shape index (κ1) is 15.9. The Bertz CT molecular complexity index is 251. The average molecular weight is 245 g/mol. The maximum absolute atomic E-state index is 11.5. The SMILES string of the molecule is CCC(C)(C)C(=O)OCCOC(=O)CCCN. The highest BCUT2D eigenvalue weighted by Crippen LogP contribution is 2.21. The summed E-state index contributed by atoms with van der Waals surface area (Å²) >= 11 is 0. The number of hydrogen-bond donors (Lipinski definition) is 1. The zero-order valence-electron chi connectivity index (χ0n) is 11.0. The first-order valence-electron chi connectivity index (χ1n) is 5.97. The molecule has 0 aliphatic carbocycles. The van der Waals surface area contributed by atoms with Crippen molar-refractivity contribution < 1.29 is 19.1 Å². The first-order valence-corrected chi connectivity index (χ1v) is 5.97. The second kappa shape index (κ2) is 8.06. The topological polar surface area (TPSA) is 78.6 Å². The second-order valence-electron chi connectivity index (χ2n) is 4.49. The maximum Gasteiger partial charge on any atom is 0.311 e. The summed E-state index contributed by atoms with van der Waals surface area (Å²) in [4.78, 5) is 22.6. The first-order chi connectivity index (χ1) is 7.94. The largest absolute Gasteiger partial charge is 0.462 e. The lowest BCUT2D eigenvalue weighted by molar-refractivity contribution is -0.159. The molecule has 0 saturated heterocycles. The molecule has 100 valence electrons. The van der Waals surface area contributed by atoms with Crippen LogP contribution in [-0.4, -0.2) is 31.7 Å². The molecule has 0 fully saturated rings. The van der Waals surface area contributed by atoms with Gasteiger partial charge in [-0.2, -0.15) is 0 Å². The Kier molecular flexibility index (Phi) is 7.54. The minimum atomic E-state index is -0.483. The van der Waals surface area contributed by atoms with E-state index in [1.54, 1.807) is 0 Å². The van der Waals surface area contributed by atoms with E-state index < -0.39 is 5.41 Å². The standard InChI is InChI=1S/C12H23NO4/c1-4-12(2,3)11(15)17-9-8-16-10(14)6-5-7-13/h4-9,13H2,1-3H3. The Labute approximate surface area is 103 Å². The van der Waals surface area contributed by atoms with Crippen LogP contribution in [0.5, 0.6) is 0 Å². The van der Waals surface area contributed by atoms with E-state index in [0.717, 1.165) is 0 Å². The van der Waals surface area contributed by atoms with Crippen molar-refractivity contribution in [3.63, 3.8) is 0 Å². The number of rotatable bonds is 8. The van der Waals surface area contributed by atoms with Crippen LogP contribution in [-0.2, 0) is 19.1 Å². The van der Waals surface area contributed by atoms with Gasteiger partial charge in [-0.15, -0.1) is 0 Å². The van der Waals surface area contributed by atoms with Gasteiger partial charge in [0.15, 0.2) is 0 Å². The number of esters is 2. The molecule has 5 nitrogen and oxygen atoms in total. The fraction of sp³-hybridized carbons (Fsp3) is 0.833. The number of ether oxygens (including phenoxy) is 2. The van der Waals surface area contributed by atoms with Crippen molar-refractivity contribution in [2.45, 2.75) is 40.0 Å². The summed E-state index contributed by atoms with van der Waals surface area (Å²) in [5, 5.41) is 0. The summed E-state index contributed by atoms with van der Waals surface area (Å²) in [6.07, 6.45) is 1.63. The van der Waals surface area contributed by atoms with E-state index in [9.17, 15) is 9.59 Å². The molecule has 0 atom stereocenters. The predicted octanol–water partition coefficient (Wildman–Crippen LogP) is 1.25. The summed E-state index contributed by atoms with van der Waals surface area (Å²) in [6.45, 7) is 6.25. The summed E-state index contributed by atoms with van der Waals surface area (Å²) in [5.41, 5.74) is 4.77. The lowest BCUT2D eigenvalue weighted by Crippen LogP contribution is -2.27. The molecule has 0 aromatic heterocycles. The molecule has 0 aromatic rings. The van der Waals surface area contributed by atoms with Crippen LogP contribution in [0.2, 0.25) is 0 Å². The molecule has 0 amide bonds. The average Bonchev–Trinajstić information content (AvgIpc) is 2.31. The van der Waals surface area contributed by atoms with Crippen LogP contribution in [0.4, 0.5) is 0 Å². The lowest BCUT2D eigenvalue weighted by atomic mass is 9.91. The van der Waals surface area contributed by atoms with Crippen molar-refractivity contribution in [2.75, 3.05) is 19.8 Å². The zero-order chi connectivity index (χ0) is 13.3. The predicted molar refractivity (Wildman–Crippen MR) is 64.3 cm³/mol. The molecule has 0 radical (unpaired) electrons. The molecule has 0 unspecified atom stereocenters. The van der Waals surface area contributed by atoms with Crippen LogP contribution < -0.4 is 5.73 Å². The van der Waals surface area contributed by atoms with E-state index in [1.807, 2.05) is 20.8 Å². The van der Waals surface area contributed by atoms with Gasteiger partial charge in [0.25, 0.3) is 0 Å². The van der Waals surface area contributed by atoms with E-state index in [4.69, 9.17) is 15.2 Å². The van der Waals surface area contributed by atoms with Crippen LogP contribution in [0.1, 0.15) is 40.0 Å². The van der Waals surface area contributed by atoms with Gasteiger partial charge >= 0.3 is 11.9 Å². The molecule has 0 aliphatic rings. The van der Waals surface area contributed by atoms with E-state index in [-0.39, 0.29) is 25.2 Å². The van der Waals surface area contributed by atoms with Crippen LogP contribution in [0.25, 0.3) is 0 Å². The molecule has 0 aromatic carbocycles. The molecule has 0 aliphatic heterocycles. The van der Waals surface area contributed by atoms with Gasteiger partial charge < -0.3 is 15.2 Å². The zero-order valence-corrected chi connectivity index (χ0v) is 11.0. The van der Waals surface area contributed by atoms with Crippen molar-refractivity contribution in [1.82, 2.24) is 0 Å². The molecule has 0 spiro atoms. The fourth-order valence-electron chi connectivity index (χ4n) is 0.948. The van der Waals surface area contributed by atoms with Gasteiger partial charge in [-0.3, -0.25) is 9.59 Å². The molecular weight excluding hydrogens is 222 g/mol. The van der Waals surface area contributed by atoms with Gasteiger partial charge in [0.2, 0.25) is 0 Å². The molecule has 0 saturated carbocycles. The van der Waals surface area contributed by atoms with Crippen LogP contribution in [0.3, 0.4) is 0 Å². The summed E-state index contributed by atoms with van der Waals surface area (Å²) in [5.74, 6) is -0.570. The molecule has 0 rings (SSSR count). The Morgan fingerprint density at radius 3 is 2.29 bits per heavy atom. The molecule has 2 N–H and O–H groups in total. The Morgan fingerprint density at radius 1 is 1.18 bits per heavy atom. The van der Waals surface area contributed by atoms with Crippen molar-refractivity contribution >= 4 is 11.9 Å². The molecule has 0 heterocycles. The highest BCUT2D eigenvalue weighted by atomic mass is 16.6. The number of nitrogens with two attached hydrogens (primary N) is 1. The third-order valence-corrected chi connectivity index (χ3v) is 2.60. The van der Waals surface area contributed by atoms with Crippen molar-refractivity contribution in [2.24, 2.45) is 11.1 Å². The second-order valence-corrected chi connectivity index (χ2v) is 4.49. The third-order valence-electron chi connectivity index (χ3n) is 2.60. The summed E-state index contributed by atoms with van der Waals surface area (Å²) in [6, 6.07) is 0. The Balaban J connectivity index is 3.65. The van der Waals surface area contributed by atoms with Gasteiger partial charge in [-0.25, -0.2) is 0 Å². The number of carbonyl (C=O) groups excluding carboxylic acids is 2. The van der Waals surface area contributed by atoms with E-state index in [0.29, 0.717) is 25.8 Å². The minimum absolute atomic E-state index is 0.106. The van der Waals surface area contributed by atoms with E-state index in [1.165, 1.54) is 0 Å². The monoisotopic (exact) mass is 245 g/mol. The van der Waals surface area contributed by atoms with Gasteiger partial charge in [-0.1, -0.05) is 6.92 Å². The van der Waals surface area contributed by atoms with Crippen molar-refractivity contribution in [1.29, 1.82) is 0 Å². The Morgan fingerprint density at radius 2 is 1.76 bits per heavy atom. The smallest absolute Gasteiger partial charge is 0.311 e.